The van der Waals surface area contributed by atoms with Crippen molar-refractivity contribution in [1.29, 1.82) is 0 Å². The van der Waals surface area contributed by atoms with E-state index in [9.17, 15) is 9.59 Å². The van der Waals surface area contributed by atoms with Crippen molar-refractivity contribution >= 4 is 23.4 Å². The summed E-state index contributed by atoms with van der Waals surface area (Å²) in [7, 11) is 4.40. The van der Waals surface area contributed by atoms with Crippen molar-refractivity contribution in [3.63, 3.8) is 0 Å². The first-order valence-electron chi connectivity index (χ1n) is 9.86. The normalized spacial score (nSPS) is 15.8. The first-order chi connectivity index (χ1) is 15.5. The Labute approximate surface area is 188 Å². The molecule has 2 heterocycles. The van der Waals surface area contributed by atoms with Gasteiger partial charge in [-0.1, -0.05) is 47.7 Å². The van der Waals surface area contributed by atoms with Crippen LogP contribution in [0, 0.1) is 0 Å². The fourth-order valence-electron chi connectivity index (χ4n) is 3.73. The maximum atomic E-state index is 13.5. The molecule has 0 fully saturated rings. The van der Waals surface area contributed by atoms with Crippen LogP contribution < -0.4 is 24.4 Å². The lowest BCUT2D eigenvalue weighted by Crippen LogP contribution is -2.39. The second-order valence-electron chi connectivity index (χ2n) is 7.10. The van der Waals surface area contributed by atoms with Gasteiger partial charge in [-0.2, -0.15) is 0 Å². The van der Waals surface area contributed by atoms with Crippen LogP contribution in [-0.4, -0.2) is 31.9 Å². The number of esters is 1. The molecule has 8 heteroatoms. The van der Waals surface area contributed by atoms with Gasteiger partial charge >= 0.3 is 5.97 Å². The number of thiazole rings is 1. The molecule has 0 N–H and O–H groups in total. The van der Waals surface area contributed by atoms with E-state index in [1.165, 1.54) is 25.6 Å². The highest BCUT2D eigenvalue weighted by Crippen LogP contribution is 2.35. The number of hydrogen-bond donors (Lipinski definition) is 0. The fraction of sp³-hybridized carbons (Fsp3) is 0.208. The summed E-state index contributed by atoms with van der Waals surface area (Å²) >= 11 is 1.28. The van der Waals surface area contributed by atoms with Crippen molar-refractivity contribution in [2.45, 2.75) is 13.0 Å². The third-order valence-electron chi connectivity index (χ3n) is 5.25. The van der Waals surface area contributed by atoms with Crippen LogP contribution in [0.25, 0.3) is 6.08 Å². The first-order valence-corrected chi connectivity index (χ1v) is 10.7. The third kappa shape index (κ3) is 3.73. The zero-order chi connectivity index (χ0) is 22.8. The molecular formula is C24H22N2O5S. The molecular weight excluding hydrogens is 428 g/mol. The molecule has 7 nitrogen and oxygen atoms in total. The number of methoxy groups -OCH3 is 3. The van der Waals surface area contributed by atoms with Gasteiger partial charge in [0.2, 0.25) is 0 Å². The van der Waals surface area contributed by atoms with E-state index >= 15 is 0 Å². The van der Waals surface area contributed by atoms with Gasteiger partial charge in [-0.3, -0.25) is 9.36 Å². The van der Waals surface area contributed by atoms with Crippen molar-refractivity contribution in [2.24, 2.45) is 4.99 Å². The highest BCUT2D eigenvalue weighted by atomic mass is 32.1. The topological polar surface area (TPSA) is 79.1 Å². The molecule has 1 aliphatic rings. The minimum Gasteiger partial charge on any atom is -0.493 e. The smallest absolute Gasteiger partial charge is 0.338 e. The standard InChI is InChI=1S/C24H22N2O5S/c1-14-20(23(28)31-4)21(16-10-11-17(29-2)18(13-16)30-3)26-22(27)19(32-24(26)25-14)12-15-8-6-5-7-9-15/h5-13,21H,1-4H3/b19-12+. The molecule has 1 unspecified atom stereocenters. The maximum absolute atomic E-state index is 13.5. The minimum atomic E-state index is -0.712. The molecule has 0 aliphatic carbocycles. The van der Waals surface area contributed by atoms with Gasteiger partial charge < -0.3 is 14.2 Å². The number of allylic oxidation sites excluding steroid dienone is 1. The van der Waals surface area contributed by atoms with Gasteiger partial charge in [-0.15, -0.1) is 0 Å². The summed E-state index contributed by atoms with van der Waals surface area (Å²) in [5.74, 6) is 0.506. The number of hydrogen-bond acceptors (Lipinski definition) is 7. The number of fused-ring (bicyclic) bond motifs is 1. The highest BCUT2D eigenvalue weighted by Gasteiger charge is 2.33. The summed E-state index contributed by atoms with van der Waals surface area (Å²) in [6.45, 7) is 1.74. The molecule has 0 saturated heterocycles. The Hall–Kier alpha value is -3.65. The van der Waals surface area contributed by atoms with Crippen LogP contribution in [0.2, 0.25) is 0 Å². The van der Waals surface area contributed by atoms with E-state index in [1.807, 2.05) is 42.5 Å². The number of rotatable bonds is 5. The Morgan fingerprint density at radius 1 is 1.06 bits per heavy atom. The monoisotopic (exact) mass is 450 g/mol. The predicted octanol–water partition coefficient (Wildman–Crippen LogP) is 2.43. The number of carbonyl (C=O) groups excluding carboxylic acids is 1. The van der Waals surface area contributed by atoms with Crippen LogP contribution in [0.4, 0.5) is 0 Å². The van der Waals surface area contributed by atoms with Crippen LogP contribution >= 0.6 is 11.3 Å². The van der Waals surface area contributed by atoms with Crippen molar-refractivity contribution in [2.75, 3.05) is 21.3 Å². The van der Waals surface area contributed by atoms with Gasteiger partial charge in [0, 0.05) is 0 Å². The average Bonchev–Trinajstić information content (AvgIpc) is 3.12. The number of carbonyl (C=O) groups is 1. The summed E-state index contributed by atoms with van der Waals surface area (Å²) in [5, 5.41) is 0. The van der Waals surface area contributed by atoms with E-state index < -0.39 is 12.0 Å². The summed E-state index contributed by atoms with van der Waals surface area (Å²) in [4.78, 5) is 31.3. The highest BCUT2D eigenvalue weighted by molar-refractivity contribution is 7.07. The van der Waals surface area contributed by atoms with Crippen molar-refractivity contribution in [1.82, 2.24) is 4.57 Å². The van der Waals surface area contributed by atoms with Gasteiger partial charge in [-0.05, 0) is 36.3 Å². The van der Waals surface area contributed by atoms with Gasteiger partial charge in [0.25, 0.3) is 5.56 Å². The second-order valence-corrected chi connectivity index (χ2v) is 8.11. The first kappa shape index (κ1) is 21.6. The second kappa shape index (κ2) is 8.84. The lowest BCUT2D eigenvalue weighted by atomic mass is 9.95. The molecule has 0 bridgehead atoms. The molecule has 0 spiro atoms. The zero-order valence-electron chi connectivity index (χ0n) is 18.1. The molecule has 1 atom stereocenters. The maximum Gasteiger partial charge on any atom is 0.338 e. The van der Waals surface area contributed by atoms with Gasteiger partial charge in [0.05, 0.1) is 43.2 Å². The lowest BCUT2D eigenvalue weighted by Gasteiger charge is -2.25. The largest absolute Gasteiger partial charge is 0.493 e. The number of nitrogens with zero attached hydrogens (tertiary/aromatic N) is 2. The molecule has 1 aromatic heterocycles. The summed E-state index contributed by atoms with van der Waals surface area (Å²) in [6.07, 6.45) is 1.83. The van der Waals surface area contributed by atoms with E-state index in [1.54, 1.807) is 30.7 Å². The molecule has 0 radical (unpaired) electrons. The van der Waals surface area contributed by atoms with E-state index in [0.717, 1.165) is 5.56 Å². The van der Waals surface area contributed by atoms with Gasteiger partial charge in [0.1, 0.15) is 0 Å². The minimum absolute atomic E-state index is 0.230. The molecule has 164 valence electrons. The van der Waals surface area contributed by atoms with Crippen molar-refractivity contribution in [3.8, 4) is 11.5 Å². The fourth-order valence-corrected chi connectivity index (χ4v) is 4.78. The zero-order valence-corrected chi connectivity index (χ0v) is 18.9. The van der Waals surface area contributed by atoms with Crippen LogP contribution in [-0.2, 0) is 9.53 Å². The Morgan fingerprint density at radius 3 is 2.44 bits per heavy atom. The number of benzene rings is 2. The van der Waals surface area contributed by atoms with Crippen LogP contribution in [0.3, 0.4) is 0 Å². The van der Waals surface area contributed by atoms with E-state index in [2.05, 4.69) is 4.99 Å². The number of ether oxygens (including phenoxy) is 3. The third-order valence-corrected chi connectivity index (χ3v) is 6.23. The Bertz CT molecular complexity index is 1390. The van der Waals surface area contributed by atoms with Crippen molar-refractivity contribution < 1.29 is 19.0 Å². The molecule has 2 aromatic carbocycles. The average molecular weight is 451 g/mol. The van der Waals surface area contributed by atoms with Gasteiger partial charge in [-0.25, -0.2) is 9.79 Å². The van der Waals surface area contributed by atoms with Crippen LogP contribution in [0.15, 0.2) is 69.6 Å². The quantitative estimate of drug-likeness (QED) is 0.558. The van der Waals surface area contributed by atoms with E-state index in [4.69, 9.17) is 14.2 Å². The molecule has 32 heavy (non-hydrogen) atoms. The van der Waals surface area contributed by atoms with E-state index in [-0.39, 0.29) is 5.56 Å². The molecule has 0 amide bonds. The predicted molar refractivity (Wildman–Crippen MR) is 122 cm³/mol. The lowest BCUT2D eigenvalue weighted by molar-refractivity contribution is -0.136. The summed E-state index contributed by atoms with van der Waals surface area (Å²) in [5.41, 5.74) is 2.17. The molecule has 1 aliphatic heterocycles. The summed E-state index contributed by atoms with van der Waals surface area (Å²) in [6, 6.07) is 14.2. The Kier molecular flexibility index (Phi) is 5.96. The Balaban J connectivity index is 1.99. The van der Waals surface area contributed by atoms with E-state index in [0.29, 0.717) is 37.7 Å². The van der Waals surface area contributed by atoms with Gasteiger partial charge in [0.15, 0.2) is 16.3 Å². The molecule has 4 rings (SSSR count). The molecule has 0 saturated carbocycles. The van der Waals surface area contributed by atoms with Crippen LogP contribution in [0.5, 0.6) is 11.5 Å². The Morgan fingerprint density at radius 2 is 1.78 bits per heavy atom. The van der Waals surface area contributed by atoms with Crippen molar-refractivity contribution in [3.05, 3.63) is 90.6 Å². The van der Waals surface area contributed by atoms with Crippen LogP contribution in [0.1, 0.15) is 24.1 Å². The summed E-state index contributed by atoms with van der Waals surface area (Å²) < 4.78 is 17.9. The SMILES string of the molecule is COC(=O)C1=C(C)N=c2s/c(=C/c3ccccc3)c(=O)n2C1c1ccc(OC)c(OC)c1. The molecule has 3 aromatic rings. The number of aromatic nitrogens is 1.